The number of ether oxygens (including phenoxy) is 2. The number of unbranched alkanes of at least 4 members (excludes halogenated alkanes) is 27. The molecular weight excluding hydrogens is 897 g/mol. The quantitative estimate of drug-likeness (QED) is 0.0344. The van der Waals surface area contributed by atoms with Crippen molar-refractivity contribution < 1.29 is 19.1 Å². The largest absolute Gasteiger partial charge is 0.466 e. The lowest BCUT2D eigenvalue weighted by Gasteiger charge is -2.35. The summed E-state index contributed by atoms with van der Waals surface area (Å²) in [4.78, 5) is 31.3. The number of hydrogen-bond donors (Lipinski definition) is 0. The maximum absolute atomic E-state index is 13.7. The molecule has 73 heavy (non-hydrogen) atoms. The lowest BCUT2D eigenvalue weighted by molar-refractivity contribution is -0.151. The van der Waals surface area contributed by atoms with Crippen molar-refractivity contribution in [3.63, 3.8) is 0 Å². The van der Waals surface area contributed by atoms with Crippen LogP contribution < -0.4 is 0 Å². The van der Waals surface area contributed by atoms with E-state index in [9.17, 15) is 9.59 Å². The van der Waals surface area contributed by atoms with Crippen molar-refractivity contribution in [1.29, 1.82) is 0 Å². The van der Waals surface area contributed by atoms with Crippen molar-refractivity contribution in [3.8, 4) is 0 Å². The van der Waals surface area contributed by atoms with Crippen LogP contribution in [0.25, 0.3) is 0 Å². The summed E-state index contributed by atoms with van der Waals surface area (Å²) < 4.78 is 12.1. The number of allylic oxidation sites excluding steroid dienone is 12. The van der Waals surface area contributed by atoms with Crippen LogP contribution in [-0.2, 0) is 19.1 Å². The molecule has 2 unspecified atom stereocenters. The number of carbonyl (C=O) groups excluding carboxylic acids is 2. The van der Waals surface area contributed by atoms with Crippen molar-refractivity contribution in [2.24, 2.45) is 0 Å². The first-order chi connectivity index (χ1) is 35.7. The Morgan fingerprint density at radius 2 is 0.699 bits per heavy atom. The third-order valence-corrected chi connectivity index (χ3v) is 14.2. The SMILES string of the molecule is CCCCC/C=C\C/C=C\CCCCCCCCOC(=O)CC(C)N(CCN(C)C)C(C)CC(=O)OC(CCCCCCCC/C=C\C/C=C\CCCCC)CCCCCCCC/C=C\C/C=C\CCCCC. The van der Waals surface area contributed by atoms with Gasteiger partial charge in [-0.2, -0.15) is 0 Å². The predicted octanol–water partition coefficient (Wildman–Crippen LogP) is 20.1. The Balaban J connectivity index is 4.89. The lowest BCUT2D eigenvalue weighted by atomic mass is 10.0. The minimum absolute atomic E-state index is 0.0152. The monoisotopic (exact) mass is 1020 g/mol. The van der Waals surface area contributed by atoms with E-state index in [4.69, 9.17) is 9.47 Å². The van der Waals surface area contributed by atoms with Crippen molar-refractivity contribution in [2.75, 3.05) is 33.8 Å². The number of carbonyl (C=O) groups is 2. The van der Waals surface area contributed by atoms with Gasteiger partial charge in [-0.15, -0.1) is 0 Å². The summed E-state index contributed by atoms with van der Waals surface area (Å²) in [7, 11) is 4.16. The first-order valence-corrected chi connectivity index (χ1v) is 31.4. The molecule has 0 saturated carbocycles. The first-order valence-electron chi connectivity index (χ1n) is 31.4. The zero-order valence-corrected chi connectivity index (χ0v) is 49.6. The Labute approximate surface area is 455 Å². The predicted molar refractivity (Wildman–Crippen MR) is 322 cm³/mol. The second kappa shape index (κ2) is 57.0. The summed E-state index contributed by atoms with van der Waals surface area (Å²) in [6, 6.07) is -0.0641. The third-order valence-electron chi connectivity index (χ3n) is 14.2. The van der Waals surface area contributed by atoms with E-state index < -0.39 is 0 Å². The molecule has 0 heterocycles. The second-order valence-electron chi connectivity index (χ2n) is 21.8. The molecule has 0 aliphatic heterocycles. The normalized spacial score (nSPS) is 13.3. The summed E-state index contributed by atoms with van der Waals surface area (Å²) in [5, 5.41) is 0. The Morgan fingerprint density at radius 3 is 1.05 bits per heavy atom. The maximum atomic E-state index is 13.7. The van der Waals surface area contributed by atoms with E-state index in [1.807, 2.05) is 0 Å². The highest BCUT2D eigenvalue weighted by atomic mass is 16.5. The summed E-state index contributed by atoms with van der Waals surface area (Å²) in [6.45, 7) is 13.1. The van der Waals surface area contributed by atoms with Gasteiger partial charge in [-0.05, 0) is 156 Å². The molecule has 0 aliphatic rings. The first kappa shape index (κ1) is 70.3. The molecule has 424 valence electrons. The van der Waals surface area contributed by atoms with Gasteiger partial charge in [-0.3, -0.25) is 14.5 Å². The molecule has 0 aromatic carbocycles. The van der Waals surface area contributed by atoms with E-state index in [-0.39, 0.29) is 30.1 Å². The van der Waals surface area contributed by atoms with E-state index in [1.54, 1.807) is 0 Å². The van der Waals surface area contributed by atoms with Crippen LogP contribution in [-0.4, -0.2) is 73.7 Å². The van der Waals surface area contributed by atoms with E-state index >= 15 is 0 Å². The minimum Gasteiger partial charge on any atom is -0.466 e. The van der Waals surface area contributed by atoms with Gasteiger partial charge in [-0.25, -0.2) is 0 Å². The second-order valence-corrected chi connectivity index (χ2v) is 21.8. The molecule has 6 nitrogen and oxygen atoms in total. The molecule has 0 N–H and O–H groups in total. The molecule has 6 heteroatoms. The average Bonchev–Trinajstić information content (AvgIpc) is 3.36. The van der Waals surface area contributed by atoms with E-state index in [0.717, 1.165) is 70.9 Å². The maximum Gasteiger partial charge on any atom is 0.307 e. The molecule has 0 aromatic heterocycles. The lowest BCUT2D eigenvalue weighted by Crippen LogP contribution is -2.46. The van der Waals surface area contributed by atoms with Crippen LogP contribution in [0.5, 0.6) is 0 Å². The summed E-state index contributed by atoms with van der Waals surface area (Å²) >= 11 is 0. The van der Waals surface area contributed by atoms with Gasteiger partial charge < -0.3 is 14.4 Å². The summed E-state index contributed by atoms with van der Waals surface area (Å²) in [6.07, 6.45) is 74.5. The Hall–Kier alpha value is -2.70. The number of likely N-dealkylation sites (N-methyl/N-ethyl adjacent to an activating group) is 1. The number of rotatable bonds is 55. The van der Waals surface area contributed by atoms with Gasteiger partial charge in [0.15, 0.2) is 0 Å². The van der Waals surface area contributed by atoms with Gasteiger partial charge in [0.1, 0.15) is 6.10 Å². The van der Waals surface area contributed by atoms with Crippen molar-refractivity contribution in [2.45, 2.75) is 310 Å². The van der Waals surface area contributed by atoms with Crippen molar-refractivity contribution in [1.82, 2.24) is 9.80 Å². The van der Waals surface area contributed by atoms with Gasteiger partial charge >= 0.3 is 11.9 Å². The topological polar surface area (TPSA) is 59.1 Å². The van der Waals surface area contributed by atoms with E-state index in [2.05, 4.69) is 131 Å². The highest BCUT2D eigenvalue weighted by Crippen LogP contribution is 2.21. The highest BCUT2D eigenvalue weighted by molar-refractivity contribution is 5.71. The summed E-state index contributed by atoms with van der Waals surface area (Å²) in [5.41, 5.74) is 0. The molecule has 0 rings (SSSR count). The Bertz CT molecular complexity index is 1310. The highest BCUT2D eigenvalue weighted by Gasteiger charge is 2.26. The minimum atomic E-state index is -0.138. The van der Waals surface area contributed by atoms with Crippen LogP contribution >= 0.6 is 0 Å². The fraction of sp³-hybridized carbons (Fsp3) is 0.791. The van der Waals surface area contributed by atoms with E-state index in [1.165, 1.54) is 186 Å². The molecule has 0 spiro atoms. The van der Waals surface area contributed by atoms with Gasteiger partial charge in [0, 0.05) is 25.2 Å². The molecule has 0 fully saturated rings. The fourth-order valence-electron chi connectivity index (χ4n) is 9.46. The molecule has 0 bridgehead atoms. The van der Waals surface area contributed by atoms with Crippen LogP contribution in [0.15, 0.2) is 72.9 Å². The molecule has 0 aliphatic carbocycles. The van der Waals surface area contributed by atoms with E-state index in [0.29, 0.717) is 19.4 Å². The van der Waals surface area contributed by atoms with Crippen LogP contribution in [0.3, 0.4) is 0 Å². The number of hydrogen-bond acceptors (Lipinski definition) is 6. The van der Waals surface area contributed by atoms with Gasteiger partial charge in [0.2, 0.25) is 0 Å². The molecular formula is C67H122N2O4. The standard InChI is InChI=1S/C67H122N2O4/c1-8-11-14-17-20-23-26-29-32-35-38-41-44-47-50-53-56-65(57-54-51-48-45-42-39-36-33-30-27-24-21-18-15-12-9-2)73-67(71)62-64(5)69(59-58-68(6)7)63(4)61-66(70)72-60-55-52-49-46-43-40-37-34-31-28-25-22-19-16-13-10-3/h20-25,29-34,63-65H,8-19,26-28,35-62H2,1-7H3/b23-20-,24-21-,25-22-,32-29-,33-30-,34-31-. The van der Waals surface area contributed by atoms with Crippen LogP contribution in [0, 0.1) is 0 Å². The smallest absolute Gasteiger partial charge is 0.307 e. The van der Waals surface area contributed by atoms with Crippen molar-refractivity contribution >= 4 is 11.9 Å². The summed E-state index contributed by atoms with van der Waals surface area (Å²) in [5.74, 6) is -0.235. The van der Waals surface area contributed by atoms with Crippen molar-refractivity contribution in [3.05, 3.63) is 72.9 Å². The average molecular weight is 1020 g/mol. The molecule has 2 atom stereocenters. The van der Waals surface area contributed by atoms with Crippen LogP contribution in [0.2, 0.25) is 0 Å². The van der Waals surface area contributed by atoms with Gasteiger partial charge in [-0.1, -0.05) is 209 Å². The molecule has 0 saturated heterocycles. The number of nitrogens with zero attached hydrogens (tertiary/aromatic N) is 2. The zero-order chi connectivity index (χ0) is 53.3. The Morgan fingerprint density at radius 1 is 0.384 bits per heavy atom. The number of esters is 2. The van der Waals surface area contributed by atoms with Crippen LogP contribution in [0.1, 0.15) is 291 Å². The molecule has 0 aromatic rings. The Kier molecular flexibility index (Phi) is 54.9. The fourth-order valence-corrected chi connectivity index (χ4v) is 9.46. The third kappa shape index (κ3) is 52.5. The van der Waals surface area contributed by atoms with Gasteiger partial charge in [0.25, 0.3) is 0 Å². The molecule has 0 amide bonds. The van der Waals surface area contributed by atoms with Gasteiger partial charge in [0.05, 0.1) is 19.4 Å². The van der Waals surface area contributed by atoms with Crippen LogP contribution in [0.4, 0.5) is 0 Å². The molecule has 0 radical (unpaired) electrons. The zero-order valence-electron chi connectivity index (χ0n) is 49.6.